The summed E-state index contributed by atoms with van der Waals surface area (Å²) >= 11 is 0. The van der Waals surface area contributed by atoms with Gasteiger partial charge in [-0.2, -0.15) is 0 Å². The van der Waals surface area contributed by atoms with Crippen LogP contribution in [0.2, 0.25) is 0 Å². The fourth-order valence-electron chi connectivity index (χ4n) is 4.25. The van der Waals surface area contributed by atoms with Crippen molar-refractivity contribution in [3.05, 3.63) is 102 Å². The van der Waals surface area contributed by atoms with Crippen LogP contribution in [0.4, 0.5) is 5.69 Å². The van der Waals surface area contributed by atoms with E-state index in [2.05, 4.69) is 47.8 Å². The molecule has 0 fully saturated rings. The van der Waals surface area contributed by atoms with Gasteiger partial charge in [-0.25, -0.2) is 4.79 Å². The number of esters is 1. The van der Waals surface area contributed by atoms with Crippen molar-refractivity contribution in [2.75, 3.05) is 19.0 Å². The van der Waals surface area contributed by atoms with Gasteiger partial charge in [0.15, 0.2) is 0 Å². The molecule has 1 N–H and O–H groups in total. The molecular formula is C27H27NO3. The van der Waals surface area contributed by atoms with E-state index < -0.39 is 6.04 Å². The van der Waals surface area contributed by atoms with Gasteiger partial charge in [-0.15, -0.1) is 0 Å². The number of benzene rings is 3. The van der Waals surface area contributed by atoms with Gasteiger partial charge in [-0.3, -0.25) is 0 Å². The van der Waals surface area contributed by atoms with E-state index in [0.29, 0.717) is 6.61 Å². The summed E-state index contributed by atoms with van der Waals surface area (Å²) in [5, 5.41) is 3.45. The van der Waals surface area contributed by atoms with Crippen LogP contribution in [0, 0.1) is 0 Å². The molecule has 0 aliphatic carbocycles. The van der Waals surface area contributed by atoms with Gasteiger partial charge in [0.1, 0.15) is 11.8 Å². The van der Waals surface area contributed by atoms with Crippen molar-refractivity contribution in [2.45, 2.75) is 24.8 Å². The number of rotatable bonds is 6. The smallest absolute Gasteiger partial charge is 0.329 e. The van der Waals surface area contributed by atoms with Crippen molar-refractivity contribution < 1.29 is 14.3 Å². The van der Waals surface area contributed by atoms with E-state index in [1.165, 1.54) is 0 Å². The molecule has 0 radical (unpaired) electrons. The summed E-state index contributed by atoms with van der Waals surface area (Å²) < 4.78 is 11.0. The molecule has 0 bridgehead atoms. The monoisotopic (exact) mass is 413 g/mol. The topological polar surface area (TPSA) is 47.6 Å². The van der Waals surface area contributed by atoms with E-state index in [1.54, 1.807) is 7.11 Å². The molecule has 0 amide bonds. The first kappa shape index (κ1) is 20.7. The lowest BCUT2D eigenvalue weighted by Crippen LogP contribution is -2.42. The summed E-state index contributed by atoms with van der Waals surface area (Å²) in [7, 11) is 1.67. The molecule has 0 aromatic heterocycles. The number of carbonyl (C=O) groups excluding carboxylic acids is 1. The Bertz CT molecular complexity index is 1050. The quantitative estimate of drug-likeness (QED) is 0.532. The van der Waals surface area contributed by atoms with E-state index >= 15 is 0 Å². The molecule has 1 aliphatic heterocycles. The predicted molar refractivity (Wildman–Crippen MR) is 124 cm³/mol. The molecule has 0 unspecified atom stereocenters. The normalized spacial score (nSPS) is 20.0. The average Bonchev–Trinajstić information content (AvgIpc) is 2.83. The molecule has 4 heteroatoms. The first-order valence-corrected chi connectivity index (χ1v) is 10.6. The van der Waals surface area contributed by atoms with E-state index in [4.69, 9.17) is 9.47 Å². The summed E-state index contributed by atoms with van der Waals surface area (Å²) in [6, 6.07) is 25.8. The van der Waals surface area contributed by atoms with Crippen LogP contribution in [0.3, 0.4) is 0 Å². The number of hydrogen-bond acceptors (Lipinski definition) is 4. The van der Waals surface area contributed by atoms with Gasteiger partial charge in [0, 0.05) is 17.5 Å². The maximum Gasteiger partial charge on any atom is 0.329 e. The van der Waals surface area contributed by atoms with Crippen LogP contribution in [0.15, 0.2) is 84.9 Å². The zero-order valence-corrected chi connectivity index (χ0v) is 17.8. The van der Waals surface area contributed by atoms with Gasteiger partial charge in [0.25, 0.3) is 0 Å². The highest BCUT2D eigenvalue weighted by molar-refractivity contribution is 5.83. The highest BCUT2D eigenvalue weighted by Crippen LogP contribution is 2.46. The molecular weight excluding hydrogens is 386 g/mol. The lowest BCUT2D eigenvalue weighted by atomic mass is 9.73. The van der Waals surface area contributed by atoms with Gasteiger partial charge in [-0.1, -0.05) is 72.8 Å². The molecule has 3 aromatic rings. The first-order valence-electron chi connectivity index (χ1n) is 10.6. The Morgan fingerprint density at radius 3 is 2.39 bits per heavy atom. The largest absolute Gasteiger partial charge is 0.497 e. The van der Waals surface area contributed by atoms with E-state index in [0.717, 1.165) is 28.1 Å². The second kappa shape index (κ2) is 9.52. The summed E-state index contributed by atoms with van der Waals surface area (Å²) in [4.78, 5) is 13.0. The number of allylic oxidation sites excluding steroid dienone is 1. The summed E-state index contributed by atoms with van der Waals surface area (Å²) in [6.45, 7) is 2.18. The SMILES string of the molecule is CCOC(=O)[C@@H]1Nc2ccc(OC)cc2[C@H](/C=C/c2ccccc2)[C@H]1c1ccccc1. The van der Waals surface area contributed by atoms with Crippen molar-refractivity contribution in [3.63, 3.8) is 0 Å². The van der Waals surface area contributed by atoms with Gasteiger partial charge in [-0.05, 0) is 41.8 Å². The molecule has 0 spiro atoms. The summed E-state index contributed by atoms with van der Waals surface area (Å²) in [5.41, 5.74) is 4.23. The molecule has 4 rings (SSSR count). The van der Waals surface area contributed by atoms with Crippen LogP contribution in [-0.4, -0.2) is 25.7 Å². The van der Waals surface area contributed by atoms with Gasteiger partial charge in [0.05, 0.1) is 13.7 Å². The summed E-state index contributed by atoms with van der Waals surface area (Å²) in [5.74, 6) is 0.388. The molecule has 158 valence electrons. The minimum atomic E-state index is -0.492. The van der Waals surface area contributed by atoms with Crippen LogP contribution in [0.25, 0.3) is 6.08 Å². The minimum absolute atomic E-state index is 0.0386. The maximum atomic E-state index is 13.0. The Morgan fingerprint density at radius 2 is 1.71 bits per heavy atom. The molecule has 0 saturated carbocycles. The molecule has 3 aromatic carbocycles. The highest BCUT2D eigenvalue weighted by Gasteiger charge is 2.41. The van der Waals surface area contributed by atoms with Crippen LogP contribution in [-0.2, 0) is 9.53 Å². The molecule has 1 aliphatic rings. The molecule has 0 saturated heterocycles. The number of anilines is 1. The Hall–Kier alpha value is -3.53. The molecule has 3 atom stereocenters. The third-order valence-electron chi connectivity index (χ3n) is 5.70. The number of nitrogens with one attached hydrogen (secondary N) is 1. The summed E-state index contributed by atoms with van der Waals surface area (Å²) in [6.07, 6.45) is 4.32. The van der Waals surface area contributed by atoms with Crippen molar-refractivity contribution >= 4 is 17.7 Å². The number of ether oxygens (including phenoxy) is 2. The Kier molecular flexibility index (Phi) is 6.37. The molecule has 4 nitrogen and oxygen atoms in total. The zero-order valence-electron chi connectivity index (χ0n) is 17.8. The third-order valence-corrected chi connectivity index (χ3v) is 5.70. The predicted octanol–water partition coefficient (Wildman–Crippen LogP) is 5.63. The van der Waals surface area contributed by atoms with E-state index in [1.807, 2.05) is 55.5 Å². The maximum absolute atomic E-state index is 13.0. The van der Waals surface area contributed by atoms with Crippen molar-refractivity contribution in [2.24, 2.45) is 0 Å². The first-order chi connectivity index (χ1) is 15.2. The fourth-order valence-corrected chi connectivity index (χ4v) is 4.25. The van der Waals surface area contributed by atoms with Crippen LogP contribution in [0.1, 0.15) is 35.4 Å². The third kappa shape index (κ3) is 4.48. The second-order valence-corrected chi connectivity index (χ2v) is 7.56. The van der Waals surface area contributed by atoms with Crippen LogP contribution in [0.5, 0.6) is 5.75 Å². The Balaban J connectivity index is 1.85. The van der Waals surface area contributed by atoms with Crippen LogP contribution >= 0.6 is 0 Å². The lowest BCUT2D eigenvalue weighted by molar-refractivity contribution is -0.144. The Labute approximate surface area is 183 Å². The Morgan fingerprint density at radius 1 is 1.00 bits per heavy atom. The molecule has 1 heterocycles. The lowest BCUT2D eigenvalue weighted by Gasteiger charge is -2.39. The van der Waals surface area contributed by atoms with Crippen molar-refractivity contribution in [3.8, 4) is 5.75 Å². The number of methoxy groups -OCH3 is 1. The van der Waals surface area contributed by atoms with Crippen LogP contribution < -0.4 is 10.1 Å². The highest BCUT2D eigenvalue weighted by atomic mass is 16.5. The number of carbonyl (C=O) groups is 1. The van der Waals surface area contributed by atoms with E-state index in [-0.39, 0.29) is 17.8 Å². The minimum Gasteiger partial charge on any atom is -0.497 e. The zero-order chi connectivity index (χ0) is 21.6. The average molecular weight is 414 g/mol. The number of hydrogen-bond donors (Lipinski definition) is 1. The van der Waals surface area contributed by atoms with Crippen molar-refractivity contribution in [1.82, 2.24) is 0 Å². The number of fused-ring (bicyclic) bond motifs is 1. The van der Waals surface area contributed by atoms with Gasteiger partial charge < -0.3 is 14.8 Å². The van der Waals surface area contributed by atoms with Gasteiger partial charge >= 0.3 is 5.97 Å². The van der Waals surface area contributed by atoms with Crippen molar-refractivity contribution in [1.29, 1.82) is 0 Å². The van der Waals surface area contributed by atoms with E-state index in [9.17, 15) is 4.79 Å². The second-order valence-electron chi connectivity index (χ2n) is 7.56. The fraction of sp³-hybridized carbons (Fsp3) is 0.222. The standard InChI is InChI=1S/C27H27NO3/c1-3-31-27(29)26-25(20-12-8-5-9-13-20)22(16-14-19-10-6-4-7-11-19)23-18-21(30-2)15-17-24(23)28-26/h4-18,22,25-26,28H,3H2,1-2H3/b16-14+/t22-,25+,26+/m0/s1. The van der Waals surface area contributed by atoms with Gasteiger partial charge in [0.2, 0.25) is 0 Å². The molecule has 31 heavy (non-hydrogen) atoms.